The molecule has 3 rings (SSSR count). The monoisotopic (exact) mass is 426 g/mol. The Balaban J connectivity index is 1.82. The molecule has 2 aromatic rings. The van der Waals surface area contributed by atoms with Crippen LogP contribution in [0.5, 0.6) is 0 Å². The maximum absolute atomic E-state index is 13.4. The average molecular weight is 427 g/mol. The molecule has 0 saturated heterocycles. The van der Waals surface area contributed by atoms with Gasteiger partial charge in [0.15, 0.2) is 0 Å². The molecule has 30 heavy (non-hydrogen) atoms. The maximum Gasteiger partial charge on any atom is 0.243 e. The largest absolute Gasteiger partial charge is 0.352 e. The fourth-order valence-electron chi connectivity index (χ4n) is 4.15. The van der Waals surface area contributed by atoms with Crippen molar-refractivity contribution in [2.24, 2.45) is 0 Å². The molecule has 1 N–H and O–H groups in total. The Morgan fingerprint density at radius 3 is 2.40 bits per heavy atom. The molecular weight excluding hydrogens is 396 g/mol. The Hall–Kier alpha value is -2.33. The van der Waals surface area contributed by atoms with Crippen LogP contribution in [0.4, 0.5) is 0 Å². The average Bonchev–Trinajstić information content (AvgIpc) is 3.24. The lowest BCUT2D eigenvalue weighted by Crippen LogP contribution is -2.51. The predicted molar refractivity (Wildman–Crippen MR) is 121 cm³/mol. The van der Waals surface area contributed by atoms with E-state index in [1.807, 2.05) is 62.4 Å². The molecule has 1 unspecified atom stereocenters. The SMILES string of the molecule is CCC(C(=O)NC1CCCC1)N(Cc1ccc(Cl)cc1)C(=O)Cc1ccccc1C. The summed E-state index contributed by atoms with van der Waals surface area (Å²) in [6.45, 7) is 4.36. The van der Waals surface area contributed by atoms with E-state index in [0.29, 0.717) is 18.0 Å². The van der Waals surface area contributed by atoms with Crippen molar-refractivity contribution in [3.8, 4) is 0 Å². The van der Waals surface area contributed by atoms with Crippen molar-refractivity contribution < 1.29 is 9.59 Å². The number of nitrogens with zero attached hydrogens (tertiary/aromatic N) is 1. The first-order valence-electron chi connectivity index (χ1n) is 10.9. The van der Waals surface area contributed by atoms with Gasteiger partial charge in [0.05, 0.1) is 6.42 Å². The van der Waals surface area contributed by atoms with Crippen molar-refractivity contribution in [2.45, 2.75) is 71.0 Å². The minimum absolute atomic E-state index is 0.0346. The first-order chi connectivity index (χ1) is 14.5. The summed E-state index contributed by atoms with van der Waals surface area (Å²) in [6, 6.07) is 15.1. The summed E-state index contributed by atoms with van der Waals surface area (Å²) in [6.07, 6.45) is 5.22. The van der Waals surface area contributed by atoms with Crippen molar-refractivity contribution in [1.82, 2.24) is 10.2 Å². The van der Waals surface area contributed by atoms with E-state index in [9.17, 15) is 9.59 Å². The summed E-state index contributed by atoms with van der Waals surface area (Å²) < 4.78 is 0. The molecule has 2 aromatic carbocycles. The van der Waals surface area contributed by atoms with Gasteiger partial charge >= 0.3 is 0 Å². The summed E-state index contributed by atoms with van der Waals surface area (Å²) in [5.74, 6) is -0.0795. The van der Waals surface area contributed by atoms with Crippen molar-refractivity contribution >= 4 is 23.4 Å². The molecule has 1 aliphatic carbocycles. The van der Waals surface area contributed by atoms with Crippen LogP contribution in [0, 0.1) is 6.92 Å². The first kappa shape index (κ1) is 22.4. The quantitative estimate of drug-likeness (QED) is 0.641. The summed E-state index contributed by atoms with van der Waals surface area (Å²) in [5, 5.41) is 3.84. The molecule has 5 heteroatoms. The minimum Gasteiger partial charge on any atom is -0.352 e. The molecule has 160 valence electrons. The van der Waals surface area contributed by atoms with Gasteiger partial charge in [-0.3, -0.25) is 9.59 Å². The number of hydrogen-bond donors (Lipinski definition) is 1. The number of hydrogen-bond acceptors (Lipinski definition) is 2. The van der Waals surface area contributed by atoms with Gasteiger partial charge in [0.1, 0.15) is 6.04 Å². The van der Waals surface area contributed by atoms with Gasteiger partial charge in [0.25, 0.3) is 0 Å². The van der Waals surface area contributed by atoms with E-state index in [0.717, 1.165) is 42.4 Å². The highest BCUT2D eigenvalue weighted by Gasteiger charge is 2.30. The van der Waals surface area contributed by atoms with E-state index in [4.69, 9.17) is 11.6 Å². The normalized spacial score (nSPS) is 15.0. The highest BCUT2D eigenvalue weighted by molar-refractivity contribution is 6.30. The van der Waals surface area contributed by atoms with Gasteiger partial charge in [0, 0.05) is 17.6 Å². The third-order valence-corrected chi connectivity index (χ3v) is 6.21. The van der Waals surface area contributed by atoms with E-state index in [2.05, 4.69) is 5.32 Å². The molecular formula is C25H31ClN2O2. The lowest BCUT2D eigenvalue weighted by atomic mass is 10.0. The standard InChI is InChI=1S/C25H31ClN2O2/c1-3-23(25(30)27-22-10-6-7-11-22)28(17-19-12-14-21(26)15-13-19)24(29)16-20-9-5-4-8-18(20)2/h4-5,8-9,12-15,22-23H,3,6-7,10-11,16-17H2,1-2H3,(H,27,30). The van der Waals surface area contributed by atoms with Gasteiger partial charge in [-0.1, -0.05) is 67.8 Å². The second-order valence-electron chi connectivity index (χ2n) is 8.17. The van der Waals surface area contributed by atoms with Gasteiger partial charge in [0.2, 0.25) is 11.8 Å². The van der Waals surface area contributed by atoms with Crippen LogP contribution in [0.15, 0.2) is 48.5 Å². The number of rotatable bonds is 8. The second kappa shape index (κ2) is 10.6. The van der Waals surface area contributed by atoms with Gasteiger partial charge in [-0.05, 0) is 55.0 Å². The van der Waals surface area contributed by atoms with E-state index >= 15 is 0 Å². The van der Waals surface area contributed by atoms with Gasteiger partial charge in [-0.15, -0.1) is 0 Å². The third kappa shape index (κ3) is 5.85. The molecule has 0 aliphatic heterocycles. The van der Waals surface area contributed by atoms with Crippen LogP contribution in [0.1, 0.15) is 55.7 Å². The van der Waals surface area contributed by atoms with Crippen molar-refractivity contribution in [1.29, 1.82) is 0 Å². The Bertz CT molecular complexity index is 860. The Morgan fingerprint density at radius 1 is 1.10 bits per heavy atom. The highest BCUT2D eigenvalue weighted by Crippen LogP contribution is 2.20. The lowest BCUT2D eigenvalue weighted by molar-refractivity contribution is -0.141. The Kier molecular flexibility index (Phi) is 7.92. The molecule has 1 saturated carbocycles. The summed E-state index contributed by atoms with van der Waals surface area (Å²) in [7, 11) is 0. The zero-order chi connectivity index (χ0) is 21.5. The second-order valence-corrected chi connectivity index (χ2v) is 8.60. The maximum atomic E-state index is 13.4. The number of amides is 2. The first-order valence-corrected chi connectivity index (χ1v) is 11.2. The molecule has 0 heterocycles. The fourth-order valence-corrected chi connectivity index (χ4v) is 4.27. The van der Waals surface area contributed by atoms with E-state index < -0.39 is 6.04 Å². The summed E-state index contributed by atoms with van der Waals surface area (Å²) in [4.78, 5) is 28.2. The number of benzene rings is 2. The predicted octanol–water partition coefficient (Wildman–Crippen LogP) is 5.06. The van der Waals surface area contributed by atoms with Crippen LogP contribution >= 0.6 is 11.6 Å². The number of nitrogens with one attached hydrogen (secondary N) is 1. The van der Waals surface area contributed by atoms with Crippen LogP contribution in [0.2, 0.25) is 5.02 Å². The third-order valence-electron chi connectivity index (χ3n) is 5.96. The zero-order valence-electron chi connectivity index (χ0n) is 17.9. The fraction of sp³-hybridized carbons (Fsp3) is 0.440. The summed E-state index contributed by atoms with van der Waals surface area (Å²) in [5.41, 5.74) is 3.04. The molecule has 1 atom stereocenters. The van der Waals surface area contributed by atoms with Crippen molar-refractivity contribution in [3.05, 3.63) is 70.2 Å². The smallest absolute Gasteiger partial charge is 0.243 e. The van der Waals surface area contributed by atoms with Gasteiger partial charge in [-0.25, -0.2) is 0 Å². The van der Waals surface area contributed by atoms with Gasteiger partial charge < -0.3 is 10.2 Å². The van der Waals surface area contributed by atoms with E-state index in [1.54, 1.807) is 4.90 Å². The molecule has 0 bridgehead atoms. The highest BCUT2D eigenvalue weighted by atomic mass is 35.5. The Labute approximate surface area is 184 Å². The van der Waals surface area contributed by atoms with Crippen molar-refractivity contribution in [2.75, 3.05) is 0 Å². The number of aryl methyl sites for hydroxylation is 1. The van der Waals surface area contributed by atoms with E-state index in [-0.39, 0.29) is 24.3 Å². The number of carbonyl (C=O) groups is 2. The number of halogens is 1. The van der Waals surface area contributed by atoms with Crippen molar-refractivity contribution in [3.63, 3.8) is 0 Å². The molecule has 0 aromatic heterocycles. The van der Waals surface area contributed by atoms with Gasteiger partial charge in [-0.2, -0.15) is 0 Å². The summed E-state index contributed by atoms with van der Waals surface area (Å²) >= 11 is 6.03. The van der Waals surface area contributed by atoms with Crippen LogP contribution in [0.3, 0.4) is 0 Å². The topological polar surface area (TPSA) is 49.4 Å². The molecule has 2 amide bonds. The van der Waals surface area contributed by atoms with Crippen LogP contribution in [-0.4, -0.2) is 28.8 Å². The van der Waals surface area contributed by atoms with Crippen LogP contribution in [0.25, 0.3) is 0 Å². The van der Waals surface area contributed by atoms with Crippen LogP contribution < -0.4 is 5.32 Å². The minimum atomic E-state index is -0.488. The molecule has 4 nitrogen and oxygen atoms in total. The van der Waals surface area contributed by atoms with Crippen LogP contribution in [-0.2, 0) is 22.6 Å². The molecule has 0 spiro atoms. The number of carbonyl (C=O) groups excluding carboxylic acids is 2. The Morgan fingerprint density at radius 2 is 1.77 bits per heavy atom. The van der Waals surface area contributed by atoms with E-state index in [1.165, 1.54) is 0 Å². The zero-order valence-corrected chi connectivity index (χ0v) is 18.6. The molecule has 1 fully saturated rings. The lowest BCUT2D eigenvalue weighted by Gasteiger charge is -2.32. The molecule has 0 radical (unpaired) electrons. The molecule has 1 aliphatic rings.